The van der Waals surface area contributed by atoms with Crippen molar-refractivity contribution in [3.8, 4) is 0 Å². The second-order valence-electron chi connectivity index (χ2n) is 7.77. The van der Waals surface area contributed by atoms with E-state index in [0.29, 0.717) is 11.5 Å². The molecule has 0 saturated carbocycles. The lowest BCUT2D eigenvalue weighted by Crippen LogP contribution is -2.64. The van der Waals surface area contributed by atoms with Gasteiger partial charge in [-0.2, -0.15) is 0 Å². The van der Waals surface area contributed by atoms with Gasteiger partial charge in [-0.3, -0.25) is 4.90 Å². The molecule has 0 aliphatic carbocycles. The highest BCUT2D eigenvalue weighted by Crippen LogP contribution is 2.28. The third-order valence-electron chi connectivity index (χ3n) is 4.23. The monoisotopic (exact) mass is 278 g/mol. The predicted octanol–water partition coefficient (Wildman–Crippen LogP) is 2.37. The Labute approximate surface area is 123 Å². The molecule has 0 bridgehead atoms. The zero-order valence-electron chi connectivity index (χ0n) is 13.7. The summed E-state index contributed by atoms with van der Waals surface area (Å²) in [6.45, 7) is 16.1. The lowest BCUT2D eigenvalue weighted by atomic mass is 9.82. The van der Waals surface area contributed by atoms with Crippen molar-refractivity contribution in [1.82, 2.24) is 19.8 Å². The van der Waals surface area contributed by atoms with Crippen LogP contribution in [0, 0.1) is 5.41 Å². The molecule has 2 rings (SSSR count). The molecule has 0 radical (unpaired) electrons. The molecule has 1 atom stereocenters. The van der Waals surface area contributed by atoms with E-state index < -0.39 is 0 Å². The highest BCUT2D eigenvalue weighted by Gasteiger charge is 2.37. The maximum absolute atomic E-state index is 4.10. The van der Waals surface area contributed by atoms with E-state index >= 15 is 0 Å². The summed E-state index contributed by atoms with van der Waals surface area (Å²) in [6, 6.07) is 0.610. The maximum atomic E-state index is 4.10. The molecular weight excluding hydrogens is 248 g/mol. The number of piperazine rings is 1. The zero-order valence-corrected chi connectivity index (χ0v) is 13.7. The Balaban J connectivity index is 1.93. The number of nitrogens with zero attached hydrogens (tertiary/aromatic N) is 3. The zero-order chi connectivity index (χ0) is 14.8. The normalized spacial score (nSPS) is 23.9. The van der Waals surface area contributed by atoms with Crippen molar-refractivity contribution in [2.24, 2.45) is 5.41 Å². The van der Waals surface area contributed by atoms with Crippen LogP contribution in [0.4, 0.5) is 0 Å². The summed E-state index contributed by atoms with van der Waals surface area (Å²) in [6.07, 6.45) is 6.98. The van der Waals surface area contributed by atoms with Gasteiger partial charge in [-0.15, -0.1) is 0 Å². The van der Waals surface area contributed by atoms with Crippen molar-refractivity contribution < 1.29 is 0 Å². The van der Waals surface area contributed by atoms with Crippen LogP contribution in [0.25, 0.3) is 0 Å². The van der Waals surface area contributed by atoms with Gasteiger partial charge >= 0.3 is 0 Å². The Kier molecular flexibility index (Phi) is 4.55. The van der Waals surface area contributed by atoms with Gasteiger partial charge in [0.2, 0.25) is 0 Å². The Morgan fingerprint density at radius 1 is 1.30 bits per heavy atom. The van der Waals surface area contributed by atoms with Gasteiger partial charge in [-0.25, -0.2) is 4.98 Å². The summed E-state index contributed by atoms with van der Waals surface area (Å²) in [5, 5.41) is 3.69. The fraction of sp³-hybridized carbons (Fsp3) is 0.812. The van der Waals surface area contributed by atoms with Crippen LogP contribution in [0.2, 0.25) is 0 Å². The van der Waals surface area contributed by atoms with Crippen LogP contribution >= 0.6 is 0 Å². The fourth-order valence-corrected chi connectivity index (χ4v) is 3.14. The van der Waals surface area contributed by atoms with Crippen LogP contribution in [0.15, 0.2) is 18.7 Å². The first kappa shape index (κ1) is 15.5. The van der Waals surface area contributed by atoms with Crippen molar-refractivity contribution in [1.29, 1.82) is 0 Å². The molecule has 1 unspecified atom stereocenters. The number of hydrogen-bond donors (Lipinski definition) is 1. The molecule has 1 aromatic heterocycles. The first-order valence-electron chi connectivity index (χ1n) is 7.73. The van der Waals surface area contributed by atoms with E-state index in [1.54, 1.807) is 0 Å². The third kappa shape index (κ3) is 4.06. The molecule has 0 aromatic carbocycles. The highest BCUT2D eigenvalue weighted by atomic mass is 15.3. The average molecular weight is 278 g/mol. The van der Waals surface area contributed by atoms with E-state index in [-0.39, 0.29) is 5.54 Å². The molecule has 4 heteroatoms. The minimum absolute atomic E-state index is 0.219. The second kappa shape index (κ2) is 5.86. The standard InChI is InChI=1S/C16H30N4/c1-15(2,3)14-11-18-16(4,5)12-20(14)9-6-8-19-10-7-17-13-19/h7,10,13-14,18H,6,8-9,11-12H2,1-5H3. The van der Waals surface area contributed by atoms with Crippen LogP contribution in [0.3, 0.4) is 0 Å². The summed E-state index contributed by atoms with van der Waals surface area (Å²) in [5.74, 6) is 0. The minimum Gasteiger partial charge on any atom is -0.337 e. The average Bonchev–Trinajstić information content (AvgIpc) is 2.79. The fourth-order valence-electron chi connectivity index (χ4n) is 3.14. The van der Waals surface area contributed by atoms with Crippen molar-refractivity contribution in [2.75, 3.05) is 19.6 Å². The lowest BCUT2D eigenvalue weighted by Gasteiger charge is -2.49. The van der Waals surface area contributed by atoms with Crippen LogP contribution in [-0.2, 0) is 6.54 Å². The van der Waals surface area contributed by atoms with Crippen LogP contribution in [-0.4, -0.2) is 45.7 Å². The largest absolute Gasteiger partial charge is 0.337 e. The summed E-state index contributed by atoms with van der Waals surface area (Å²) < 4.78 is 2.17. The van der Waals surface area contributed by atoms with Crippen LogP contribution in [0.5, 0.6) is 0 Å². The van der Waals surface area contributed by atoms with Gasteiger partial charge in [0.15, 0.2) is 0 Å². The molecule has 114 valence electrons. The van der Waals surface area contributed by atoms with Gasteiger partial charge in [0.25, 0.3) is 0 Å². The van der Waals surface area contributed by atoms with Gasteiger partial charge < -0.3 is 9.88 Å². The quantitative estimate of drug-likeness (QED) is 0.918. The number of aromatic nitrogens is 2. The first-order chi connectivity index (χ1) is 9.28. The second-order valence-corrected chi connectivity index (χ2v) is 7.77. The van der Waals surface area contributed by atoms with Crippen molar-refractivity contribution in [3.05, 3.63) is 18.7 Å². The Morgan fingerprint density at radius 2 is 2.05 bits per heavy atom. The van der Waals surface area contributed by atoms with E-state index in [2.05, 4.69) is 54.4 Å². The Bertz CT molecular complexity index is 403. The number of nitrogens with one attached hydrogen (secondary N) is 1. The summed E-state index contributed by atoms with van der Waals surface area (Å²) >= 11 is 0. The first-order valence-corrected chi connectivity index (χ1v) is 7.73. The molecule has 1 aliphatic rings. The molecule has 1 aromatic rings. The van der Waals surface area contributed by atoms with E-state index in [1.165, 1.54) is 6.42 Å². The molecule has 1 aliphatic heterocycles. The number of aryl methyl sites for hydroxylation is 1. The summed E-state index contributed by atoms with van der Waals surface area (Å²) in [4.78, 5) is 6.78. The number of hydrogen-bond acceptors (Lipinski definition) is 3. The summed E-state index contributed by atoms with van der Waals surface area (Å²) in [5.41, 5.74) is 0.537. The van der Waals surface area contributed by atoms with E-state index in [9.17, 15) is 0 Å². The topological polar surface area (TPSA) is 33.1 Å². The Hall–Kier alpha value is -0.870. The minimum atomic E-state index is 0.219. The van der Waals surface area contributed by atoms with E-state index in [4.69, 9.17) is 0 Å². The SMILES string of the molecule is CC1(C)CN(CCCn2ccnc2)C(C(C)(C)C)CN1. The van der Waals surface area contributed by atoms with Crippen molar-refractivity contribution in [2.45, 2.75) is 59.2 Å². The smallest absolute Gasteiger partial charge is 0.0945 e. The molecule has 1 N–H and O–H groups in total. The lowest BCUT2D eigenvalue weighted by molar-refractivity contribution is 0.0317. The van der Waals surface area contributed by atoms with E-state index in [1.807, 2.05) is 18.7 Å². The van der Waals surface area contributed by atoms with E-state index in [0.717, 1.165) is 26.2 Å². The molecule has 0 spiro atoms. The predicted molar refractivity (Wildman–Crippen MR) is 83.7 cm³/mol. The molecule has 0 amide bonds. The van der Waals surface area contributed by atoms with Gasteiger partial charge in [-0.05, 0) is 25.7 Å². The van der Waals surface area contributed by atoms with Gasteiger partial charge in [-0.1, -0.05) is 20.8 Å². The maximum Gasteiger partial charge on any atom is 0.0945 e. The molecule has 1 saturated heterocycles. The van der Waals surface area contributed by atoms with Crippen molar-refractivity contribution >= 4 is 0 Å². The van der Waals surface area contributed by atoms with Crippen LogP contribution < -0.4 is 5.32 Å². The molecular formula is C16H30N4. The van der Waals surface area contributed by atoms with Gasteiger partial charge in [0.1, 0.15) is 0 Å². The van der Waals surface area contributed by atoms with Gasteiger partial charge in [0, 0.05) is 50.2 Å². The molecule has 1 fully saturated rings. The summed E-state index contributed by atoms with van der Waals surface area (Å²) in [7, 11) is 0. The number of rotatable bonds is 4. The third-order valence-corrected chi connectivity index (χ3v) is 4.23. The molecule has 4 nitrogen and oxygen atoms in total. The molecule has 20 heavy (non-hydrogen) atoms. The van der Waals surface area contributed by atoms with Crippen molar-refractivity contribution in [3.63, 3.8) is 0 Å². The number of imidazole rings is 1. The van der Waals surface area contributed by atoms with Gasteiger partial charge in [0.05, 0.1) is 6.33 Å². The van der Waals surface area contributed by atoms with Crippen LogP contribution in [0.1, 0.15) is 41.0 Å². The highest BCUT2D eigenvalue weighted by molar-refractivity contribution is 4.96. The Morgan fingerprint density at radius 3 is 2.65 bits per heavy atom. The molecule has 2 heterocycles.